The Labute approximate surface area is 101 Å². The average Bonchev–Trinajstić information content (AvgIpc) is 2.38. The topological polar surface area (TPSA) is 47.6 Å². The highest BCUT2D eigenvalue weighted by Crippen LogP contribution is 2.18. The number of hydrogen-bond acceptors (Lipinski definition) is 4. The summed E-state index contributed by atoms with van der Waals surface area (Å²) in [7, 11) is 2.98. The van der Waals surface area contributed by atoms with Crippen LogP contribution in [0.2, 0.25) is 0 Å². The lowest BCUT2D eigenvalue weighted by atomic mass is 10.1. The minimum Gasteiger partial charge on any atom is -0.497 e. The molecular weight excluding hydrogens is 218 g/mol. The van der Waals surface area contributed by atoms with Gasteiger partial charge in [-0.05, 0) is 24.6 Å². The zero-order valence-electron chi connectivity index (χ0n) is 10.3. The minimum atomic E-state index is -0.379. The molecule has 1 rings (SSSR count). The SMILES string of the molecule is COC(=O)/C=C/N[C@H](C)c1cccc(OC)c1. The molecule has 0 amide bonds. The summed E-state index contributed by atoms with van der Waals surface area (Å²) < 4.78 is 9.63. The molecule has 92 valence electrons. The quantitative estimate of drug-likeness (QED) is 0.626. The van der Waals surface area contributed by atoms with Crippen molar-refractivity contribution in [2.75, 3.05) is 14.2 Å². The van der Waals surface area contributed by atoms with Crippen LogP contribution in [0.15, 0.2) is 36.5 Å². The Morgan fingerprint density at radius 2 is 2.18 bits per heavy atom. The van der Waals surface area contributed by atoms with Crippen LogP contribution in [0.1, 0.15) is 18.5 Å². The van der Waals surface area contributed by atoms with Gasteiger partial charge in [0, 0.05) is 18.3 Å². The van der Waals surface area contributed by atoms with Gasteiger partial charge in [-0.3, -0.25) is 0 Å². The zero-order chi connectivity index (χ0) is 12.7. The molecule has 0 fully saturated rings. The van der Waals surface area contributed by atoms with Gasteiger partial charge in [-0.1, -0.05) is 12.1 Å². The summed E-state index contributed by atoms with van der Waals surface area (Å²) in [5.74, 6) is 0.434. The number of ether oxygens (including phenoxy) is 2. The van der Waals surface area contributed by atoms with Gasteiger partial charge in [0.05, 0.1) is 14.2 Å². The van der Waals surface area contributed by atoms with Gasteiger partial charge in [-0.2, -0.15) is 0 Å². The Morgan fingerprint density at radius 1 is 1.41 bits per heavy atom. The molecule has 0 heterocycles. The number of methoxy groups -OCH3 is 2. The van der Waals surface area contributed by atoms with Crippen LogP contribution in [0, 0.1) is 0 Å². The van der Waals surface area contributed by atoms with Crippen molar-refractivity contribution >= 4 is 5.97 Å². The van der Waals surface area contributed by atoms with E-state index in [4.69, 9.17) is 4.74 Å². The van der Waals surface area contributed by atoms with E-state index in [1.165, 1.54) is 13.2 Å². The highest BCUT2D eigenvalue weighted by molar-refractivity contribution is 5.81. The van der Waals surface area contributed by atoms with E-state index in [1.807, 2.05) is 31.2 Å². The lowest BCUT2D eigenvalue weighted by Gasteiger charge is -2.13. The van der Waals surface area contributed by atoms with Crippen LogP contribution < -0.4 is 10.1 Å². The first-order valence-electron chi connectivity index (χ1n) is 5.32. The monoisotopic (exact) mass is 235 g/mol. The molecule has 0 saturated carbocycles. The largest absolute Gasteiger partial charge is 0.497 e. The van der Waals surface area contributed by atoms with Gasteiger partial charge < -0.3 is 14.8 Å². The molecule has 0 aromatic heterocycles. The molecule has 0 aliphatic rings. The molecular formula is C13H17NO3. The Morgan fingerprint density at radius 3 is 2.82 bits per heavy atom. The Hall–Kier alpha value is -1.97. The summed E-state index contributed by atoms with van der Waals surface area (Å²) in [6, 6.07) is 7.85. The van der Waals surface area contributed by atoms with Crippen molar-refractivity contribution in [1.29, 1.82) is 0 Å². The van der Waals surface area contributed by atoms with Crippen LogP contribution in [0.25, 0.3) is 0 Å². The molecule has 17 heavy (non-hydrogen) atoms. The zero-order valence-corrected chi connectivity index (χ0v) is 10.3. The van der Waals surface area contributed by atoms with Crippen LogP contribution in [0.4, 0.5) is 0 Å². The molecule has 1 N–H and O–H groups in total. The maximum atomic E-state index is 10.9. The fraction of sp³-hybridized carbons (Fsp3) is 0.308. The smallest absolute Gasteiger partial charge is 0.331 e. The molecule has 1 atom stereocenters. The van der Waals surface area contributed by atoms with Crippen molar-refractivity contribution in [3.05, 3.63) is 42.1 Å². The first-order valence-corrected chi connectivity index (χ1v) is 5.32. The second-order valence-electron chi connectivity index (χ2n) is 3.52. The molecule has 1 aromatic rings. The van der Waals surface area contributed by atoms with E-state index in [1.54, 1.807) is 13.3 Å². The van der Waals surface area contributed by atoms with Gasteiger partial charge in [0.25, 0.3) is 0 Å². The summed E-state index contributed by atoms with van der Waals surface area (Å²) in [5, 5.41) is 3.08. The number of hydrogen-bond donors (Lipinski definition) is 1. The third kappa shape index (κ3) is 4.18. The van der Waals surface area contributed by atoms with E-state index in [2.05, 4.69) is 10.1 Å². The standard InChI is InChI=1S/C13H17NO3/c1-10(14-8-7-13(15)17-3)11-5-4-6-12(9-11)16-2/h4-10,14H,1-3H3/b8-7+/t10-/m1/s1. The number of esters is 1. The lowest BCUT2D eigenvalue weighted by molar-refractivity contribution is -0.134. The number of benzene rings is 1. The maximum absolute atomic E-state index is 10.9. The summed E-state index contributed by atoms with van der Waals surface area (Å²) in [5.41, 5.74) is 1.08. The molecule has 0 bridgehead atoms. The first-order chi connectivity index (χ1) is 8.17. The molecule has 4 nitrogen and oxygen atoms in total. The van der Waals surface area contributed by atoms with Crippen molar-refractivity contribution in [1.82, 2.24) is 5.32 Å². The molecule has 0 saturated heterocycles. The lowest BCUT2D eigenvalue weighted by Crippen LogP contribution is -2.12. The highest BCUT2D eigenvalue weighted by Gasteiger charge is 2.03. The van der Waals surface area contributed by atoms with Crippen molar-refractivity contribution in [2.24, 2.45) is 0 Å². The molecule has 0 aliphatic heterocycles. The molecule has 0 radical (unpaired) electrons. The van der Waals surface area contributed by atoms with Crippen LogP contribution in [-0.4, -0.2) is 20.2 Å². The predicted octanol–water partition coefficient (Wildman–Crippen LogP) is 2.03. The molecule has 0 aliphatic carbocycles. The van der Waals surface area contributed by atoms with Crippen molar-refractivity contribution in [3.63, 3.8) is 0 Å². The average molecular weight is 235 g/mol. The summed E-state index contributed by atoms with van der Waals surface area (Å²) >= 11 is 0. The van der Waals surface area contributed by atoms with Gasteiger partial charge in [0.1, 0.15) is 5.75 Å². The van der Waals surface area contributed by atoms with Gasteiger partial charge in [0.2, 0.25) is 0 Å². The van der Waals surface area contributed by atoms with Crippen LogP contribution in [0.3, 0.4) is 0 Å². The number of rotatable bonds is 5. The van der Waals surface area contributed by atoms with Crippen molar-refractivity contribution < 1.29 is 14.3 Å². The number of carbonyl (C=O) groups is 1. The molecule has 1 aromatic carbocycles. The third-order valence-electron chi connectivity index (χ3n) is 2.36. The van der Waals surface area contributed by atoms with Gasteiger partial charge >= 0.3 is 5.97 Å². The van der Waals surface area contributed by atoms with Gasteiger partial charge in [-0.15, -0.1) is 0 Å². The van der Waals surface area contributed by atoms with Gasteiger partial charge in [-0.25, -0.2) is 4.79 Å². The number of nitrogens with one attached hydrogen (secondary N) is 1. The third-order valence-corrected chi connectivity index (χ3v) is 2.36. The van der Waals surface area contributed by atoms with E-state index in [9.17, 15) is 4.79 Å². The number of carbonyl (C=O) groups excluding carboxylic acids is 1. The highest BCUT2D eigenvalue weighted by atomic mass is 16.5. The van der Waals surface area contributed by atoms with E-state index in [0.717, 1.165) is 11.3 Å². The Bertz CT molecular complexity index is 401. The van der Waals surface area contributed by atoms with E-state index in [0.29, 0.717) is 0 Å². The van der Waals surface area contributed by atoms with E-state index < -0.39 is 0 Å². The van der Waals surface area contributed by atoms with E-state index in [-0.39, 0.29) is 12.0 Å². The van der Waals surface area contributed by atoms with Crippen LogP contribution in [0.5, 0.6) is 5.75 Å². The fourth-order valence-corrected chi connectivity index (χ4v) is 1.34. The summed E-state index contributed by atoms with van der Waals surface area (Å²) in [4.78, 5) is 10.9. The normalized spacial score (nSPS) is 12.2. The maximum Gasteiger partial charge on any atom is 0.331 e. The van der Waals surface area contributed by atoms with Crippen LogP contribution in [-0.2, 0) is 9.53 Å². The van der Waals surface area contributed by atoms with Crippen molar-refractivity contribution in [3.8, 4) is 5.75 Å². The summed E-state index contributed by atoms with van der Waals surface area (Å²) in [6.07, 6.45) is 2.92. The second-order valence-corrected chi connectivity index (χ2v) is 3.52. The minimum absolute atomic E-state index is 0.0889. The Kier molecular flexibility index (Phi) is 5.07. The molecule has 0 unspecified atom stereocenters. The second kappa shape index (κ2) is 6.58. The molecule has 4 heteroatoms. The molecule has 0 spiro atoms. The van der Waals surface area contributed by atoms with Crippen LogP contribution >= 0.6 is 0 Å². The Balaban J connectivity index is 2.60. The predicted molar refractivity (Wildman–Crippen MR) is 65.7 cm³/mol. The first kappa shape index (κ1) is 13.1. The fourth-order valence-electron chi connectivity index (χ4n) is 1.34. The summed E-state index contributed by atoms with van der Waals surface area (Å²) in [6.45, 7) is 2.00. The van der Waals surface area contributed by atoms with E-state index >= 15 is 0 Å². The van der Waals surface area contributed by atoms with Crippen molar-refractivity contribution in [2.45, 2.75) is 13.0 Å². The van der Waals surface area contributed by atoms with Gasteiger partial charge in [0.15, 0.2) is 0 Å².